The van der Waals surface area contributed by atoms with Gasteiger partial charge in [-0.1, -0.05) is 6.08 Å². The first kappa shape index (κ1) is 11.5. The Hall–Kier alpha value is -1.94. The number of hydrogen-bond acceptors (Lipinski definition) is 4. The average molecular weight is 253 g/mol. The maximum Gasteiger partial charge on any atom is 0.231 e. The summed E-state index contributed by atoms with van der Waals surface area (Å²) in [4.78, 5) is 11.7. The Morgan fingerprint density at radius 1 is 1.35 bits per heavy atom. The van der Waals surface area contributed by atoms with Crippen LogP contribution >= 0.6 is 11.6 Å². The van der Waals surface area contributed by atoms with Crippen molar-refractivity contribution in [3.05, 3.63) is 47.2 Å². The van der Waals surface area contributed by atoms with Crippen LogP contribution in [0.5, 0.6) is 11.5 Å². The lowest BCUT2D eigenvalue weighted by Gasteiger charge is -1.98. The fraction of sp³-hybridized carbons (Fsp3) is 0.0833. The number of fused-ring (bicyclic) bond motifs is 1. The topological polar surface area (TPSA) is 55.8 Å². The Balaban J connectivity index is 2.15. The summed E-state index contributed by atoms with van der Waals surface area (Å²) in [6.07, 6.45) is 3.89. The molecule has 0 amide bonds. The molecule has 0 atom stereocenters. The number of ether oxygens (including phenoxy) is 2. The number of benzene rings is 1. The zero-order valence-corrected chi connectivity index (χ0v) is 9.48. The van der Waals surface area contributed by atoms with Crippen LogP contribution in [-0.2, 0) is 0 Å². The lowest BCUT2D eigenvalue weighted by molar-refractivity contribution is 0.104. The molecule has 4 nitrogen and oxygen atoms in total. The minimum Gasteiger partial charge on any atom is -0.499 e. The van der Waals surface area contributed by atoms with E-state index < -0.39 is 0 Å². The summed E-state index contributed by atoms with van der Waals surface area (Å²) in [5, 5.41) is 8.31. The molecule has 0 radical (unpaired) electrons. The van der Waals surface area contributed by atoms with Crippen molar-refractivity contribution in [1.29, 1.82) is 0 Å². The van der Waals surface area contributed by atoms with Gasteiger partial charge in [0.05, 0.1) is 0 Å². The van der Waals surface area contributed by atoms with Crippen molar-refractivity contribution >= 4 is 17.4 Å². The van der Waals surface area contributed by atoms with Crippen molar-refractivity contribution in [3.8, 4) is 11.5 Å². The van der Waals surface area contributed by atoms with E-state index in [1.165, 1.54) is 18.2 Å². The van der Waals surface area contributed by atoms with Gasteiger partial charge in [0.15, 0.2) is 22.5 Å². The smallest absolute Gasteiger partial charge is 0.231 e. The fourth-order valence-electron chi connectivity index (χ4n) is 1.36. The lowest BCUT2D eigenvalue weighted by Crippen LogP contribution is -1.94. The highest BCUT2D eigenvalue weighted by Crippen LogP contribution is 2.32. The van der Waals surface area contributed by atoms with E-state index in [4.69, 9.17) is 26.2 Å². The highest BCUT2D eigenvalue weighted by molar-refractivity contribution is 6.28. The molecule has 2 rings (SSSR count). The van der Waals surface area contributed by atoms with Crippen molar-refractivity contribution in [2.24, 2.45) is 0 Å². The zero-order valence-electron chi connectivity index (χ0n) is 8.72. The molecular weight excluding hydrogens is 244 g/mol. The molecular formula is C12H9ClO4. The van der Waals surface area contributed by atoms with Crippen molar-refractivity contribution < 1.29 is 19.4 Å². The Morgan fingerprint density at radius 2 is 2.12 bits per heavy atom. The van der Waals surface area contributed by atoms with E-state index >= 15 is 0 Å². The summed E-state index contributed by atoms with van der Waals surface area (Å²) in [7, 11) is 0. The second-order valence-corrected chi connectivity index (χ2v) is 3.67. The van der Waals surface area contributed by atoms with E-state index in [0.717, 1.165) is 0 Å². The van der Waals surface area contributed by atoms with Crippen LogP contribution in [0.4, 0.5) is 0 Å². The number of halogens is 1. The van der Waals surface area contributed by atoms with Crippen LogP contribution in [0.25, 0.3) is 0 Å². The number of aliphatic hydroxyl groups is 1. The largest absolute Gasteiger partial charge is 0.499 e. The Morgan fingerprint density at radius 3 is 2.88 bits per heavy atom. The minimum atomic E-state index is -0.375. The maximum atomic E-state index is 11.7. The van der Waals surface area contributed by atoms with Gasteiger partial charge in [-0.3, -0.25) is 4.79 Å². The predicted molar refractivity (Wildman–Crippen MR) is 62.6 cm³/mol. The van der Waals surface area contributed by atoms with Crippen molar-refractivity contribution in [2.45, 2.75) is 0 Å². The highest BCUT2D eigenvalue weighted by atomic mass is 35.5. The number of ketones is 1. The van der Waals surface area contributed by atoms with Crippen LogP contribution in [0.3, 0.4) is 0 Å². The first-order valence-corrected chi connectivity index (χ1v) is 5.21. The maximum absolute atomic E-state index is 11.7. The monoisotopic (exact) mass is 252 g/mol. The molecule has 1 aromatic rings. The summed E-state index contributed by atoms with van der Waals surface area (Å²) >= 11 is 5.20. The molecule has 1 aromatic carbocycles. The quantitative estimate of drug-likeness (QED) is 0.389. The van der Waals surface area contributed by atoms with Gasteiger partial charge in [-0.2, -0.15) is 0 Å². The summed E-state index contributed by atoms with van der Waals surface area (Å²) in [5.74, 6) is 0.973. The first-order chi connectivity index (χ1) is 8.16. The van der Waals surface area contributed by atoms with E-state index in [1.54, 1.807) is 18.2 Å². The number of hydrogen-bond donors (Lipinski definition) is 1. The van der Waals surface area contributed by atoms with E-state index in [9.17, 15) is 4.79 Å². The van der Waals surface area contributed by atoms with Crippen LogP contribution in [0.15, 0.2) is 41.6 Å². The summed E-state index contributed by atoms with van der Waals surface area (Å²) < 4.78 is 10.3. The summed E-state index contributed by atoms with van der Waals surface area (Å²) in [6.45, 7) is 0.172. The molecule has 88 valence electrons. The third kappa shape index (κ3) is 2.79. The van der Waals surface area contributed by atoms with Gasteiger partial charge in [0.25, 0.3) is 0 Å². The standard InChI is InChI=1S/C12H9ClO4/c13-12(15)3-1-2-9(14)8-4-5-10-11(6-8)17-7-16-10/h1-6,15H,7H2/b2-1+,12-3+. The molecule has 0 spiro atoms. The molecule has 0 aliphatic carbocycles. The molecule has 1 aliphatic heterocycles. The zero-order chi connectivity index (χ0) is 12.3. The Labute approximate surface area is 103 Å². The summed E-state index contributed by atoms with van der Waals surface area (Å²) in [6, 6.07) is 4.93. The third-order valence-electron chi connectivity index (χ3n) is 2.14. The van der Waals surface area contributed by atoms with E-state index in [-0.39, 0.29) is 17.8 Å². The van der Waals surface area contributed by atoms with Crippen LogP contribution in [-0.4, -0.2) is 17.7 Å². The van der Waals surface area contributed by atoms with E-state index in [2.05, 4.69) is 0 Å². The van der Waals surface area contributed by atoms with Crippen LogP contribution in [0.2, 0.25) is 0 Å². The first-order valence-electron chi connectivity index (χ1n) is 4.83. The second-order valence-electron chi connectivity index (χ2n) is 3.28. The molecule has 1 aliphatic rings. The van der Waals surface area contributed by atoms with Gasteiger partial charge >= 0.3 is 0 Å². The lowest BCUT2D eigenvalue weighted by atomic mass is 10.1. The van der Waals surface area contributed by atoms with Gasteiger partial charge in [-0.05, 0) is 42.0 Å². The Kier molecular flexibility index (Phi) is 3.35. The number of carbonyl (C=O) groups is 1. The van der Waals surface area contributed by atoms with Gasteiger partial charge in [0.2, 0.25) is 6.79 Å². The number of aliphatic hydroxyl groups excluding tert-OH is 1. The molecule has 0 unspecified atom stereocenters. The van der Waals surface area contributed by atoms with E-state index in [1.807, 2.05) is 0 Å². The molecule has 5 heteroatoms. The van der Waals surface area contributed by atoms with Crippen LogP contribution in [0, 0.1) is 0 Å². The predicted octanol–water partition coefficient (Wildman–Crippen LogP) is 2.79. The highest BCUT2D eigenvalue weighted by Gasteiger charge is 2.14. The summed E-state index contributed by atoms with van der Waals surface area (Å²) in [5.41, 5.74) is 0.480. The van der Waals surface area contributed by atoms with Gasteiger partial charge in [0.1, 0.15) is 0 Å². The van der Waals surface area contributed by atoms with Gasteiger partial charge in [-0.15, -0.1) is 0 Å². The molecule has 0 saturated carbocycles. The number of carbonyl (C=O) groups excluding carboxylic acids is 1. The molecule has 1 heterocycles. The minimum absolute atomic E-state index is 0.172. The number of allylic oxidation sites excluding steroid dienone is 3. The van der Waals surface area contributed by atoms with Crippen LogP contribution in [0.1, 0.15) is 10.4 Å². The van der Waals surface area contributed by atoms with Crippen LogP contribution < -0.4 is 9.47 Å². The number of rotatable bonds is 3. The van der Waals surface area contributed by atoms with Crippen molar-refractivity contribution in [1.82, 2.24) is 0 Å². The van der Waals surface area contributed by atoms with Crippen molar-refractivity contribution in [2.75, 3.05) is 6.79 Å². The fourth-order valence-corrected chi connectivity index (χ4v) is 1.43. The molecule has 17 heavy (non-hydrogen) atoms. The molecule has 0 bridgehead atoms. The molecule has 1 N–H and O–H groups in total. The molecule has 0 fully saturated rings. The van der Waals surface area contributed by atoms with E-state index in [0.29, 0.717) is 17.1 Å². The molecule has 0 aromatic heterocycles. The van der Waals surface area contributed by atoms with Gasteiger partial charge in [0, 0.05) is 5.56 Å². The average Bonchev–Trinajstić information content (AvgIpc) is 2.75. The van der Waals surface area contributed by atoms with Crippen molar-refractivity contribution in [3.63, 3.8) is 0 Å². The van der Waals surface area contributed by atoms with Gasteiger partial charge < -0.3 is 14.6 Å². The third-order valence-corrected chi connectivity index (χ3v) is 2.26. The van der Waals surface area contributed by atoms with Gasteiger partial charge in [-0.25, -0.2) is 0 Å². The Bertz CT molecular complexity index is 501. The SMILES string of the molecule is O=C(/C=C/C=C(/O)Cl)c1ccc2c(c1)OCO2. The second kappa shape index (κ2) is 4.93. The molecule has 0 saturated heterocycles. The normalized spacial score (nSPS) is 14.3.